The van der Waals surface area contributed by atoms with Gasteiger partial charge in [-0.2, -0.15) is 0 Å². The van der Waals surface area contributed by atoms with E-state index >= 15 is 0 Å². The highest BCUT2D eigenvalue weighted by Gasteiger charge is 2.16. The van der Waals surface area contributed by atoms with Crippen molar-refractivity contribution in [3.8, 4) is 0 Å². The summed E-state index contributed by atoms with van der Waals surface area (Å²) in [5, 5.41) is 0. The molecule has 0 aliphatic heterocycles. The topological polar surface area (TPSA) is 37.4 Å². The molecule has 2 amide bonds. The van der Waals surface area contributed by atoms with Gasteiger partial charge in [0.05, 0.1) is 6.54 Å². The molecule has 2 aromatic rings. The normalized spacial score (nSPS) is 10.4. The zero-order chi connectivity index (χ0) is 15.8. The lowest BCUT2D eigenvalue weighted by molar-refractivity contribution is -0.139. The maximum absolute atomic E-state index is 12.3. The van der Waals surface area contributed by atoms with Gasteiger partial charge in [0.15, 0.2) is 0 Å². The van der Waals surface area contributed by atoms with Crippen LogP contribution in [0.1, 0.15) is 11.1 Å². The van der Waals surface area contributed by atoms with E-state index in [0.717, 1.165) is 17.2 Å². The van der Waals surface area contributed by atoms with Crippen molar-refractivity contribution < 1.29 is 9.59 Å². The SMILES string of the molecule is C=CC(=O)N(Cc1ccccc1)C(=O)/C=C/c1ccccc1. The Bertz CT molecular complexity index is 675. The predicted molar refractivity (Wildman–Crippen MR) is 87.7 cm³/mol. The Morgan fingerprint density at radius 2 is 1.50 bits per heavy atom. The molecule has 22 heavy (non-hydrogen) atoms. The molecule has 0 N–H and O–H groups in total. The summed E-state index contributed by atoms with van der Waals surface area (Å²) in [6.45, 7) is 3.68. The smallest absolute Gasteiger partial charge is 0.253 e. The Labute approximate surface area is 130 Å². The molecule has 0 aliphatic rings. The second-order valence-corrected chi connectivity index (χ2v) is 4.70. The number of carbonyl (C=O) groups excluding carboxylic acids is 2. The molecule has 0 saturated heterocycles. The monoisotopic (exact) mass is 291 g/mol. The molecule has 3 nitrogen and oxygen atoms in total. The number of carbonyl (C=O) groups is 2. The third kappa shape index (κ3) is 4.28. The van der Waals surface area contributed by atoms with Gasteiger partial charge >= 0.3 is 0 Å². The Morgan fingerprint density at radius 1 is 0.909 bits per heavy atom. The first-order valence-corrected chi connectivity index (χ1v) is 6.95. The largest absolute Gasteiger partial charge is 0.271 e. The molecule has 0 atom stereocenters. The Hall–Kier alpha value is -2.94. The maximum Gasteiger partial charge on any atom is 0.253 e. The summed E-state index contributed by atoms with van der Waals surface area (Å²) >= 11 is 0. The maximum atomic E-state index is 12.3. The third-order valence-corrected chi connectivity index (χ3v) is 3.11. The molecule has 0 fully saturated rings. The van der Waals surface area contributed by atoms with Crippen LogP contribution in [0.2, 0.25) is 0 Å². The van der Waals surface area contributed by atoms with Crippen LogP contribution in [0.4, 0.5) is 0 Å². The minimum Gasteiger partial charge on any atom is -0.271 e. The minimum absolute atomic E-state index is 0.226. The summed E-state index contributed by atoms with van der Waals surface area (Å²) < 4.78 is 0. The summed E-state index contributed by atoms with van der Waals surface area (Å²) in [5.74, 6) is -0.774. The zero-order valence-corrected chi connectivity index (χ0v) is 12.2. The third-order valence-electron chi connectivity index (χ3n) is 3.11. The minimum atomic E-state index is -0.411. The molecule has 0 saturated carbocycles. The van der Waals surface area contributed by atoms with Crippen molar-refractivity contribution in [3.63, 3.8) is 0 Å². The molecular weight excluding hydrogens is 274 g/mol. The van der Waals surface area contributed by atoms with Crippen LogP contribution in [0.3, 0.4) is 0 Å². The van der Waals surface area contributed by atoms with Crippen LogP contribution in [0.25, 0.3) is 6.08 Å². The highest BCUT2D eigenvalue weighted by Crippen LogP contribution is 2.08. The van der Waals surface area contributed by atoms with E-state index in [1.807, 2.05) is 60.7 Å². The van der Waals surface area contributed by atoms with E-state index in [-0.39, 0.29) is 12.5 Å². The molecular formula is C19H17NO2. The molecule has 0 spiro atoms. The number of hydrogen-bond acceptors (Lipinski definition) is 2. The molecule has 3 heteroatoms. The van der Waals surface area contributed by atoms with E-state index in [0.29, 0.717) is 0 Å². The molecule has 0 heterocycles. The van der Waals surface area contributed by atoms with Gasteiger partial charge in [-0.25, -0.2) is 0 Å². The van der Waals surface area contributed by atoms with Crippen molar-refractivity contribution >= 4 is 17.9 Å². The summed E-state index contributed by atoms with van der Waals surface area (Å²) in [4.78, 5) is 25.4. The molecule has 0 unspecified atom stereocenters. The number of rotatable bonds is 5. The van der Waals surface area contributed by atoms with Crippen LogP contribution in [-0.2, 0) is 16.1 Å². The van der Waals surface area contributed by atoms with Gasteiger partial charge in [0, 0.05) is 6.08 Å². The Morgan fingerprint density at radius 3 is 2.09 bits per heavy atom. The van der Waals surface area contributed by atoms with Gasteiger partial charge in [-0.3, -0.25) is 14.5 Å². The first kappa shape index (κ1) is 15.4. The van der Waals surface area contributed by atoms with Crippen LogP contribution in [0, 0.1) is 0 Å². The molecule has 110 valence electrons. The van der Waals surface area contributed by atoms with Crippen molar-refractivity contribution in [1.82, 2.24) is 4.90 Å². The van der Waals surface area contributed by atoms with Crippen molar-refractivity contribution in [2.45, 2.75) is 6.54 Å². The Kier molecular flexibility index (Phi) is 5.44. The van der Waals surface area contributed by atoms with Gasteiger partial charge in [-0.05, 0) is 23.3 Å². The van der Waals surface area contributed by atoms with Crippen LogP contribution in [0.5, 0.6) is 0 Å². The van der Waals surface area contributed by atoms with E-state index in [2.05, 4.69) is 6.58 Å². The molecule has 0 bridgehead atoms. The Balaban J connectivity index is 2.15. The van der Waals surface area contributed by atoms with E-state index < -0.39 is 5.91 Å². The van der Waals surface area contributed by atoms with Crippen LogP contribution in [-0.4, -0.2) is 16.7 Å². The van der Waals surface area contributed by atoms with Gasteiger partial charge in [0.1, 0.15) is 0 Å². The van der Waals surface area contributed by atoms with Crippen molar-refractivity contribution in [3.05, 3.63) is 90.5 Å². The number of amides is 2. The van der Waals surface area contributed by atoms with Crippen molar-refractivity contribution in [2.24, 2.45) is 0 Å². The number of imide groups is 1. The molecule has 0 aromatic heterocycles. The van der Waals surface area contributed by atoms with Gasteiger partial charge in [0.25, 0.3) is 11.8 Å². The molecule has 2 aromatic carbocycles. The van der Waals surface area contributed by atoms with Gasteiger partial charge in [-0.1, -0.05) is 67.2 Å². The fraction of sp³-hybridized carbons (Fsp3) is 0.0526. The predicted octanol–water partition coefficient (Wildman–Crippen LogP) is 3.44. The van der Waals surface area contributed by atoms with E-state index in [1.165, 1.54) is 11.0 Å². The summed E-state index contributed by atoms with van der Waals surface area (Å²) in [7, 11) is 0. The first-order valence-electron chi connectivity index (χ1n) is 6.95. The second kappa shape index (κ2) is 7.74. The van der Waals surface area contributed by atoms with Crippen LogP contribution < -0.4 is 0 Å². The highest BCUT2D eigenvalue weighted by atomic mass is 16.2. The van der Waals surface area contributed by atoms with E-state index in [4.69, 9.17) is 0 Å². The summed E-state index contributed by atoms with van der Waals surface area (Å²) in [6, 6.07) is 18.8. The van der Waals surface area contributed by atoms with Crippen LogP contribution in [0.15, 0.2) is 79.4 Å². The lowest BCUT2D eigenvalue weighted by Gasteiger charge is -2.17. The summed E-state index contributed by atoms with van der Waals surface area (Å²) in [5.41, 5.74) is 1.79. The fourth-order valence-electron chi connectivity index (χ4n) is 1.96. The highest BCUT2D eigenvalue weighted by molar-refractivity contribution is 6.06. The lowest BCUT2D eigenvalue weighted by Crippen LogP contribution is -2.33. The molecule has 0 aliphatic carbocycles. The average molecular weight is 291 g/mol. The number of hydrogen-bond donors (Lipinski definition) is 0. The zero-order valence-electron chi connectivity index (χ0n) is 12.2. The standard InChI is InChI=1S/C19H17NO2/c1-2-18(21)20(15-17-11-7-4-8-12-17)19(22)14-13-16-9-5-3-6-10-16/h2-14H,1,15H2/b14-13+. The average Bonchev–Trinajstić information content (AvgIpc) is 2.58. The van der Waals surface area contributed by atoms with Crippen LogP contribution >= 0.6 is 0 Å². The second-order valence-electron chi connectivity index (χ2n) is 4.70. The van der Waals surface area contributed by atoms with E-state index in [9.17, 15) is 9.59 Å². The van der Waals surface area contributed by atoms with E-state index in [1.54, 1.807) is 6.08 Å². The van der Waals surface area contributed by atoms with Gasteiger partial charge in [-0.15, -0.1) is 0 Å². The number of benzene rings is 2. The first-order chi connectivity index (χ1) is 10.7. The summed E-state index contributed by atoms with van der Waals surface area (Å²) in [6.07, 6.45) is 4.24. The lowest BCUT2D eigenvalue weighted by atomic mass is 10.2. The van der Waals surface area contributed by atoms with Gasteiger partial charge in [0.2, 0.25) is 0 Å². The quantitative estimate of drug-likeness (QED) is 0.791. The number of nitrogens with zero attached hydrogens (tertiary/aromatic N) is 1. The molecule has 2 rings (SSSR count). The van der Waals surface area contributed by atoms with Gasteiger partial charge < -0.3 is 0 Å². The molecule has 0 radical (unpaired) electrons. The van der Waals surface area contributed by atoms with Crippen molar-refractivity contribution in [2.75, 3.05) is 0 Å². The van der Waals surface area contributed by atoms with Crippen molar-refractivity contribution in [1.29, 1.82) is 0 Å². The fourth-order valence-corrected chi connectivity index (χ4v) is 1.96.